The maximum Gasteiger partial charge on any atom is 0.307 e. The Morgan fingerprint density at radius 3 is 2.67 bits per heavy atom. The minimum absolute atomic E-state index is 0.0150. The molecule has 1 N–H and O–H groups in total. The van der Waals surface area contributed by atoms with Crippen LogP contribution >= 0.6 is 0 Å². The van der Waals surface area contributed by atoms with Gasteiger partial charge >= 0.3 is 5.97 Å². The third kappa shape index (κ3) is 1.96. The van der Waals surface area contributed by atoms with E-state index in [2.05, 4.69) is 26.8 Å². The third-order valence-electron chi connectivity index (χ3n) is 8.18. The van der Waals surface area contributed by atoms with Gasteiger partial charge in [-0.3, -0.25) is 9.59 Å². The lowest BCUT2D eigenvalue weighted by Gasteiger charge is -2.58. The first-order valence-electron chi connectivity index (χ1n) is 9.45. The average Bonchev–Trinajstić information content (AvgIpc) is 2.87. The Bertz CT molecular complexity index is 660. The highest BCUT2D eigenvalue weighted by Crippen LogP contribution is 2.66. The lowest BCUT2D eigenvalue weighted by molar-refractivity contribution is -0.149. The zero-order chi connectivity index (χ0) is 17.3. The number of fused-ring (bicyclic) bond motifs is 5. The molecule has 4 aliphatic carbocycles. The van der Waals surface area contributed by atoms with Gasteiger partial charge in [-0.15, -0.1) is 0 Å². The number of allylic oxidation sites excluding steroid dienone is 4. The predicted molar refractivity (Wildman–Crippen MR) is 92.3 cm³/mol. The van der Waals surface area contributed by atoms with Crippen LogP contribution in [0, 0.1) is 40.4 Å². The smallest absolute Gasteiger partial charge is 0.307 e. The fraction of sp³-hybridized carbons (Fsp3) is 0.714. The lowest BCUT2D eigenvalue weighted by atomic mass is 9.46. The van der Waals surface area contributed by atoms with Gasteiger partial charge < -0.3 is 5.11 Å². The summed E-state index contributed by atoms with van der Waals surface area (Å²) in [6, 6.07) is 0. The van der Waals surface area contributed by atoms with Gasteiger partial charge in [0.15, 0.2) is 5.78 Å². The minimum Gasteiger partial charge on any atom is -0.481 e. The highest BCUT2D eigenvalue weighted by Gasteiger charge is 2.60. The molecule has 0 aromatic carbocycles. The molecule has 0 spiro atoms. The number of aliphatic carboxylic acids is 1. The summed E-state index contributed by atoms with van der Waals surface area (Å²) in [6.07, 6.45) is 10.9. The summed E-state index contributed by atoms with van der Waals surface area (Å²) in [5.41, 5.74) is 1.25. The Kier molecular flexibility index (Phi) is 3.40. The molecule has 0 heterocycles. The fourth-order valence-corrected chi connectivity index (χ4v) is 7.02. The summed E-state index contributed by atoms with van der Waals surface area (Å²) in [7, 11) is 0. The first-order chi connectivity index (χ1) is 11.3. The number of ketones is 1. The summed E-state index contributed by atoms with van der Waals surface area (Å²) in [5.74, 6) is 1.42. The van der Waals surface area contributed by atoms with Crippen LogP contribution in [0.3, 0.4) is 0 Å². The maximum absolute atomic E-state index is 11.9. The molecule has 0 saturated heterocycles. The van der Waals surface area contributed by atoms with Crippen molar-refractivity contribution < 1.29 is 14.7 Å². The van der Waals surface area contributed by atoms with Crippen LogP contribution in [0.4, 0.5) is 0 Å². The molecule has 130 valence electrons. The van der Waals surface area contributed by atoms with Crippen molar-refractivity contribution in [2.45, 2.75) is 52.9 Å². The Morgan fingerprint density at radius 2 is 1.96 bits per heavy atom. The Balaban J connectivity index is 1.72. The van der Waals surface area contributed by atoms with Crippen molar-refractivity contribution in [3.63, 3.8) is 0 Å². The monoisotopic (exact) mass is 328 g/mol. The van der Waals surface area contributed by atoms with Gasteiger partial charge in [0.05, 0.1) is 5.92 Å². The van der Waals surface area contributed by atoms with Crippen molar-refractivity contribution in [2.24, 2.45) is 40.4 Å². The molecule has 3 nitrogen and oxygen atoms in total. The van der Waals surface area contributed by atoms with E-state index in [1.54, 1.807) is 6.08 Å². The van der Waals surface area contributed by atoms with Crippen molar-refractivity contribution in [1.29, 1.82) is 0 Å². The van der Waals surface area contributed by atoms with Gasteiger partial charge in [-0.2, -0.15) is 0 Å². The van der Waals surface area contributed by atoms with Gasteiger partial charge in [-0.1, -0.05) is 32.4 Å². The zero-order valence-electron chi connectivity index (χ0n) is 14.9. The minimum atomic E-state index is -0.600. The van der Waals surface area contributed by atoms with E-state index in [9.17, 15) is 14.7 Å². The summed E-state index contributed by atoms with van der Waals surface area (Å²) < 4.78 is 0. The van der Waals surface area contributed by atoms with Crippen molar-refractivity contribution in [1.82, 2.24) is 0 Å². The topological polar surface area (TPSA) is 54.4 Å². The highest BCUT2D eigenvalue weighted by molar-refractivity contribution is 6.01. The van der Waals surface area contributed by atoms with Crippen molar-refractivity contribution in [3.8, 4) is 0 Å². The molecule has 4 rings (SSSR count). The number of rotatable bonds is 1. The fourth-order valence-electron chi connectivity index (χ4n) is 7.02. The normalized spacial score (nSPS) is 49.9. The van der Waals surface area contributed by atoms with Gasteiger partial charge in [0.1, 0.15) is 0 Å². The molecule has 7 atom stereocenters. The Morgan fingerprint density at radius 1 is 1.21 bits per heavy atom. The van der Waals surface area contributed by atoms with Gasteiger partial charge in [0.25, 0.3) is 0 Å². The largest absolute Gasteiger partial charge is 0.481 e. The Labute approximate surface area is 144 Å². The van der Waals surface area contributed by atoms with Crippen LogP contribution in [-0.2, 0) is 9.59 Å². The molecule has 0 aromatic heterocycles. The summed E-state index contributed by atoms with van der Waals surface area (Å²) >= 11 is 0. The van der Waals surface area contributed by atoms with Crippen molar-refractivity contribution >= 4 is 11.8 Å². The number of carboxylic acids is 1. The maximum atomic E-state index is 11.9. The number of carboxylic acid groups (broad SMARTS) is 1. The molecule has 0 radical (unpaired) electrons. The van der Waals surface area contributed by atoms with Crippen LogP contribution in [0.5, 0.6) is 0 Å². The van der Waals surface area contributed by atoms with E-state index >= 15 is 0 Å². The molecule has 0 aromatic rings. The van der Waals surface area contributed by atoms with Crippen molar-refractivity contribution in [3.05, 3.63) is 23.8 Å². The molecule has 3 heteroatoms. The van der Waals surface area contributed by atoms with Crippen LogP contribution < -0.4 is 0 Å². The molecule has 4 aliphatic rings. The van der Waals surface area contributed by atoms with Gasteiger partial charge in [0, 0.05) is 5.41 Å². The van der Waals surface area contributed by atoms with E-state index in [1.807, 2.05) is 6.08 Å². The second kappa shape index (κ2) is 5.06. The van der Waals surface area contributed by atoms with E-state index in [-0.39, 0.29) is 22.5 Å². The van der Waals surface area contributed by atoms with E-state index < -0.39 is 5.97 Å². The highest BCUT2D eigenvalue weighted by atomic mass is 16.4. The molecular formula is C21H28O3. The van der Waals surface area contributed by atoms with Gasteiger partial charge in [0.2, 0.25) is 0 Å². The first kappa shape index (κ1) is 16.1. The molecular weight excluding hydrogens is 300 g/mol. The molecule has 0 aliphatic heterocycles. The second-order valence-electron chi connectivity index (χ2n) is 9.14. The molecule has 0 amide bonds. The number of hydrogen-bond donors (Lipinski definition) is 1. The SMILES string of the molecule is C[C@H]1C[C@H]2[C@@H]3CC[C@H](C(=O)O)[C@@]3(C)CC[C@@H]2[C@@]2(C)C=CC(=O)C=C12. The molecule has 3 saturated carbocycles. The van der Waals surface area contributed by atoms with E-state index in [4.69, 9.17) is 0 Å². The van der Waals surface area contributed by atoms with E-state index in [0.29, 0.717) is 23.7 Å². The van der Waals surface area contributed by atoms with Crippen LogP contribution in [0.2, 0.25) is 0 Å². The third-order valence-corrected chi connectivity index (χ3v) is 8.18. The van der Waals surface area contributed by atoms with Gasteiger partial charge in [-0.25, -0.2) is 0 Å². The predicted octanol–water partition coefficient (Wildman–Crippen LogP) is 4.24. The molecule has 0 unspecified atom stereocenters. The quantitative estimate of drug-likeness (QED) is 0.783. The van der Waals surface area contributed by atoms with Gasteiger partial charge in [-0.05, 0) is 73.3 Å². The summed E-state index contributed by atoms with van der Waals surface area (Å²) in [5, 5.41) is 9.67. The van der Waals surface area contributed by atoms with Crippen LogP contribution in [0.1, 0.15) is 52.9 Å². The van der Waals surface area contributed by atoms with E-state index in [0.717, 1.165) is 32.1 Å². The molecule has 24 heavy (non-hydrogen) atoms. The van der Waals surface area contributed by atoms with Crippen LogP contribution in [0.25, 0.3) is 0 Å². The number of carbonyl (C=O) groups is 2. The molecule has 3 fully saturated rings. The standard InChI is InChI=1S/C21H28O3/c1-12-10-14-15-4-5-17(19(23)24)20(15,2)9-7-16(14)21(3)8-6-13(22)11-18(12)21/h6,8,11-12,14-17H,4-5,7,9-10H2,1-3H3,(H,23,24)/t12-,14-,15-,16-,17+,20-,21+/m0/s1. The van der Waals surface area contributed by atoms with Crippen LogP contribution in [-0.4, -0.2) is 16.9 Å². The summed E-state index contributed by atoms with van der Waals surface area (Å²) in [6.45, 7) is 6.79. The number of carbonyl (C=O) groups excluding carboxylic acids is 1. The van der Waals surface area contributed by atoms with E-state index in [1.165, 1.54) is 5.57 Å². The molecule has 0 bridgehead atoms. The zero-order valence-corrected chi connectivity index (χ0v) is 14.9. The lowest BCUT2D eigenvalue weighted by Crippen LogP contribution is -2.52. The van der Waals surface area contributed by atoms with Crippen molar-refractivity contribution in [2.75, 3.05) is 0 Å². The average molecular weight is 328 g/mol. The first-order valence-corrected chi connectivity index (χ1v) is 9.45. The second-order valence-corrected chi connectivity index (χ2v) is 9.14. The Hall–Kier alpha value is -1.38. The van der Waals surface area contributed by atoms with Crippen LogP contribution in [0.15, 0.2) is 23.8 Å². The number of hydrogen-bond acceptors (Lipinski definition) is 2. The summed E-state index contributed by atoms with van der Waals surface area (Å²) in [4.78, 5) is 23.6.